The largest absolute Gasteiger partial charge is 0.334 e. The van der Waals surface area contributed by atoms with Gasteiger partial charge in [-0.25, -0.2) is 0 Å². The molecule has 0 aromatic heterocycles. The average Bonchev–Trinajstić information content (AvgIpc) is 2.57. The minimum Gasteiger partial charge on any atom is -0.334 e. The third-order valence-electron chi connectivity index (χ3n) is 3.83. The minimum absolute atomic E-state index is 0.00875. The normalized spacial score (nSPS) is 14.2. The first kappa shape index (κ1) is 15.1. The summed E-state index contributed by atoms with van der Waals surface area (Å²) in [7, 11) is 0. The van der Waals surface area contributed by atoms with Gasteiger partial charge in [-0.05, 0) is 41.3 Å². The number of nitrogens with zero attached hydrogens (tertiary/aromatic N) is 1. The van der Waals surface area contributed by atoms with Crippen molar-refractivity contribution in [2.45, 2.75) is 13.0 Å². The number of amides is 1. The highest BCUT2D eigenvalue weighted by atomic mass is 35.5. The molecule has 0 aliphatic carbocycles. The van der Waals surface area contributed by atoms with E-state index in [1.165, 1.54) is 0 Å². The van der Waals surface area contributed by atoms with Crippen molar-refractivity contribution in [2.24, 2.45) is 0 Å². The van der Waals surface area contributed by atoms with Crippen molar-refractivity contribution in [3.8, 4) is 0 Å². The van der Waals surface area contributed by atoms with Crippen LogP contribution in [0.5, 0.6) is 0 Å². The second-order valence-corrected chi connectivity index (χ2v) is 6.05. The Morgan fingerprint density at radius 2 is 1.68 bits per heavy atom. The number of hydrogen-bond acceptors (Lipinski definition) is 1. The third kappa shape index (κ3) is 3.18. The second kappa shape index (κ2) is 6.55. The van der Waals surface area contributed by atoms with E-state index >= 15 is 0 Å². The van der Waals surface area contributed by atoms with E-state index in [1.807, 2.05) is 42.5 Å². The van der Waals surface area contributed by atoms with E-state index in [-0.39, 0.29) is 5.91 Å². The molecule has 0 fully saturated rings. The Hall–Kier alpha value is -1.77. The summed E-state index contributed by atoms with van der Waals surface area (Å²) >= 11 is 12.4. The molecule has 1 heterocycles. The van der Waals surface area contributed by atoms with Gasteiger partial charge in [0.15, 0.2) is 0 Å². The summed E-state index contributed by atoms with van der Waals surface area (Å²) in [4.78, 5) is 14.1. The van der Waals surface area contributed by atoms with E-state index in [1.54, 1.807) is 17.0 Å². The van der Waals surface area contributed by atoms with Crippen LogP contribution in [-0.4, -0.2) is 17.4 Å². The van der Waals surface area contributed by atoms with Gasteiger partial charge >= 0.3 is 0 Å². The highest BCUT2D eigenvalue weighted by molar-refractivity contribution is 6.34. The Morgan fingerprint density at radius 1 is 1.00 bits per heavy atom. The smallest absolute Gasteiger partial charge is 0.246 e. The van der Waals surface area contributed by atoms with Crippen LogP contribution in [0.3, 0.4) is 0 Å². The molecule has 0 bridgehead atoms. The summed E-state index contributed by atoms with van der Waals surface area (Å²) in [6.07, 6.45) is 4.18. The molecule has 1 aliphatic heterocycles. The molecule has 0 atom stereocenters. The SMILES string of the molecule is O=C(/C=C/c1ccccc1)N1CCc2c(Cl)ccc(Cl)c2C1. The van der Waals surface area contributed by atoms with Crippen molar-refractivity contribution in [3.05, 3.63) is 75.3 Å². The first-order valence-electron chi connectivity index (χ1n) is 7.13. The van der Waals surface area contributed by atoms with Gasteiger partial charge in [-0.15, -0.1) is 0 Å². The lowest BCUT2D eigenvalue weighted by molar-refractivity contribution is -0.126. The minimum atomic E-state index is -0.00875. The lowest BCUT2D eigenvalue weighted by Gasteiger charge is -2.29. The Kier molecular flexibility index (Phi) is 4.51. The molecule has 0 unspecified atom stereocenters. The molecule has 3 rings (SSSR count). The monoisotopic (exact) mass is 331 g/mol. The topological polar surface area (TPSA) is 20.3 Å². The van der Waals surface area contributed by atoms with E-state index in [4.69, 9.17) is 23.2 Å². The second-order valence-electron chi connectivity index (χ2n) is 5.24. The molecule has 0 saturated heterocycles. The zero-order valence-electron chi connectivity index (χ0n) is 11.9. The van der Waals surface area contributed by atoms with Crippen molar-refractivity contribution in [1.29, 1.82) is 0 Å². The summed E-state index contributed by atoms with van der Waals surface area (Å²) in [6.45, 7) is 1.16. The fourth-order valence-electron chi connectivity index (χ4n) is 2.62. The Labute approximate surface area is 140 Å². The van der Waals surface area contributed by atoms with Crippen LogP contribution >= 0.6 is 23.2 Å². The van der Waals surface area contributed by atoms with Crippen LogP contribution in [0, 0.1) is 0 Å². The van der Waals surface area contributed by atoms with Crippen LogP contribution in [0.1, 0.15) is 16.7 Å². The lowest BCUT2D eigenvalue weighted by atomic mass is 9.99. The summed E-state index contributed by atoms with van der Waals surface area (Å²) < 4.78 is 0. The van der Waals surface area contributed by atoms with Crippen LogP contribution < -0.4 is 0 Å². The third-order valence-corrected chi connectivity index (χ3v) is 4.54. The molecule has 1 aliphatic rings. The molecule has 1 amide bonds. The van der Waals surface area contributed by atoms with E-state index in [9.17, 15) is 4.79 Å². The van der Waals surface area contributed by atoms with E-state index in [2.05, 4.69) is 0 Å². The summed E-state index contributed by atoms with van der Waals surface area (Å²) in [5.74, 6) is -0.00875. The zero-order valence-corrected chi connectivity index (χ0v) is 13.4. The first-order chi connectivity index (χ1) is 10.6. The quantitative estimate of drug-likeness (QED) is 0.737. The molecule has 112 valence electrons. The van der Waals surface area contributed by atoms with Crippen molar-refractivity contribution >= 4 is 35.2 Å². The van der Waals surface area contributed by atoms with E-state index in [0.717, 1.165) is 28.1 Å². The van der Waals surface area contributed by atoms with Crippen LogP contribution in [0.2, 0.25) is 10.0 Å². The predicted octanol–water partition coefficient (Wildman–Crippen LogP) is 4.59. The number of carbonyl (C=O) groups is 1. The maximum Gasteiger partial charge on any atom is 0.246 e. The van der Waals surface area contributed by atoms with Gasteiger partial charge in [-0.2, -0.15) is 0 Å². The van der Waals surface area contributed by atoms with Gasteiger partial charge in [0.1, 0.15) is 0 Å². The van der Waals surface area contributed by atoms with E-state index < -0.39 is 0 Å². The van der Waals surface area contributed by atoms with Gasteiger partial charge in [-0.3, -0.25) is 4.79 Å². The molecule has 0 saturated carbocycles. The summed E-state index contributed by atoms with van der Waals surface area (Å²) in [6, 6.07) is 13.4. The zero-order chi connectivity index (χ0) is 15.5. The standard InChI is InChI=1S/C18H15Cl2NO/c19-16-7-8-17(20)15-12-21(11-10-14(15)16)18(22)9-6-13-4-2-1-3-5-13/h1-9H,10-12H2/b9-6+. The highest BCUT2D eigenvalue weighted by Crippen LogP contribution is 2.31. The van der Waals surface area contributed by atoms with Crippen molar-refractivity contribution in [1.82, 2.24) is 4.90 Å². The van der Waals surface area contributed by atoms with Gasteiger partial charge in [0.25, 0.3) is 0 Å². The van der Waals surface area contributed by atoms with Crippen LogP contribution in [-0.2, 0) is 17.8 Å². The van der Waals surface area contributed by atoms with Gasteiger partial charge in [0, 0.05) is 29.2 Å². The fourth-order valence-corrected chi connectivity index (χ4v) is 3.13. The van der Waals surface area contributed by atoms with Gasteiger partial charge < -0.3 is 4.90 Å². The molecule has 2 aromatic carbocycles. The van der Waals surface area contributed by atoms with Gasteiger partial charge in [0.05, 0.1) is 0 Å². The maximum absolute atomic E-state index is 12.3. The van der Waals surface area contributed by atoms with E-state index in [0.29, 0.717) is 18.1 Å². The number of halogens is 2. The molecule has 22 heavy (non-hydrogen) atoms. The molecule has 0 radical (unpaired) electrons. The Morgan fingerprint density at radius 3 is 2.41 bits per heavy atom. The molecule has 2 nitrogen and oxygen atoms in total. The van der Waals surface area contributed by atoms with Crippen molar-refractivity contribution in [3.63, 3.8) is 0 Å². The molecule has 0 spiro atoms. The molecule has 0 N–H and O–H groups in total. The number of fused-ring (bicyclic) bond motifs is 1. The van der Waals surface area contributed by atoms with Gasteiger partial charge in [-0.1, -0.05) is 53.5 Å². The Balaban J connectivity index is 1.76. The molecular weight excluding hydrogens is 317 g/mol. The molecule has 2 aromatic rings. The number of rotatable bonds is 2. The highest BCUT2D eigenvalue weighted by Gasteiger charge is 2.22. The number of benzene rings is 2. The van der Waals surface area contributed by atoms with Crippen LogP contribution in [0.15, 0.2) is 48.5 Å². The first-order valence-corrected chi connectivity index (χ1v) is 7.88. The number of carbonyl (C=O) groups excluding carboxylic acids is 1. The lowest BCUT2D eigenvalue weighted by Crippen LogP contribution is -2.35. The fraction of sp³-hybridized carbons (Fsp3) is 0.167. The number of hydrogen-bond donors (Lipinski definition) is 0. The van der Waals surface area contributed by atoms with Crippen LogP contribution in [0.25, 0.3) is 6.08 Å². The average molecular weight is 332 g/mol. The Bertz CT molecular complexity index is 725. The van der Waals surface area contributed by atoms with Crippen molar-refractivity contribution < 1.29 is 4.79 Å². The molecular formula is C18H15Cl2NO. The molecule has 4 heteroatoms. The van der Waals surface area contributed by atoms with Crippen LogP contribution in [0.4, 0.5) is 0 Å². The summed E-state index contributed by atoms with van der Waals surface area (Å²) in [5.41, 5.74) is 3.03. The maximum atomic E-state index is 12.3. The predicted molar refractivity (Wildman–Crippen MR) is 91.1 cm³/mol. The van der Waals surface area contributed by atoms with Gasteiger partial charge in [0.2, 0.25) is 5.91 Å². The van der Waals surface area contributed by atoms with Crippen molar-refractivity contribution in [2.75, 3.05) is 6.54 Å². The summed E-state index contributed by atoms with van der Waals surface area (Å²) in [5, 5.41) is 1.40.